The molecule has 1 aromatic carbocycles. The number of hydroxylamine groups is 2. The summed E-state index contributed by atoms with van der Waals surface area (Å²) in [6.45, 7) is 1.61. The molecule has 1 aromatic heterocycles. The number of urea groups is 1. The van der Waals surface area contributed by atoms with Gasteiger partial charge in [-0.2, -0.15) is 5.06 Å². The van der Waals surface area contributed by atoms with Gasteiger partial charge in [-0.25, -0.2) is 4.79 Å². The molecule has 0 aliphatic heterocycles. The molecule has 3 N–H and O–H groups in total. The molecule has 0 fully saturated rings. The predicted octanol–water partition coefficient (Wildman–Crippen LogP) is 4.01. The number of carbonyl (C=O) groups is 1. The molecule has 22 heavy (non-hydrogen) atoms. The Morgan fingerprint density at radius 3 is 2.68 bits per heavy atom. The molecule has 116 valence electrons. The minimum Gasteiger partial charge on any atom is -0.426 e. The molecule has 6 nitrogen and oxygen atoms in total. The third-order valence-corrected chi connectivity index (χ3v) is 3.31. The number of benzene rings is 1. The fraction of sp³-hybridized carbons (Fsp3) is 0.133. The fourth-order valence-electron chi connectivity index (χ4n) is 1.61. The molecule has 2 aromatic rings. The van der Waals surface area contributed by atoms with Gasteiger partial charge in [0.15, 0.2) is 0 Å². The van der Waals surface area contributed by atoms with Crippen LogP contribution in [-0.2, 0) is 0 Å². The van der Waals surface area contributed by atoms with Crippen molar-refractivity contribution in [2.75, 3.05) is 0 Å². The second-order valence-electron chi connectivity index (χ2n) is 4.50. The summed E-state index contributed by atoms with van der Waals surface area (Å²) >= 11 is 3.35. The van der Waals surface area contributed by atoms with Crippen LogP contribution in [-0.4, -0.2) is 22.3 Å². The van der Waals surface area contributed by atoms with E-state index >= 15 is 0 Å². The molecule has 0 saturated carbocycles. The van der Waals surface area contributed by atoms with Gasteiger partial charge >= 0.3 is 6.03 Å². The van der Waals surface area contributed by atoms with Gasteiger partial charge in [0.1, 0.15) is 11.5 Å². The molecule has 1 heterocycles. The van der Waals surface area contributed by atoms with Gasteiger partial charge < -0.3 is 14.9 Å². The first-order valence-electron chi connectivity index (χ1n) is 6.44. The van der Waals surface area contributed by atoms with Crippen molar-refractivity contribution in [3.05, 3.63) is 52.7 Å². The number of halogens is 1. The van der Waals surface area contributed by atoms with Gasteiger partial charge in [0, 0.05) is 10.5 Å². The van der Waals surface area contributed by atoms with Crippen molar-refractivity contribution in [1.29, 1.82) is 0 Å². The minimum absolute atomic E-state index is 0.338. The number of hydrogen-bond donors (Lipinski definition) is 2. The quantitative estimate of drug-likeness (QED) is 0.617. The molecule has 0 radical (unpaired) electrons. The normalized spacial score (nSPS) is 12.3. The highest BCUT2D eigenvalue weighted by Gasteiger charge is 2.11. The number of amides is 2. The average molecular weight is 367 g/mol. The van der Waals surface area contributed by atoms with Crippen molar-refractivity contribution >= 4 is 28.0 Å². The molecule has 0 aliphatic rings. The summed E-state index contributed by atoms with van der Waals surface area (Å²) in [5.74, 6) is 1.51. The SMILES string of the molecule is CC(/C=C/c1ccc(Oc2ccc(Br)cc2)o1)N(O)C(N)=O. The van der Waals surface area contributed by atoms with Gasteiger partial charge in [0.2, 0.25) is 0 Å². The molecule has 0 spiro atoms. The van der Waals surface area contributed by atoms with Gasteiger partial charge in [-0.3, -0.25) is 5.21 Å². The highest BCUT2D eigenvalue weighted by Crippen LogP contribution is 2.25. The van der Waals surface area contributed by atoms with Crippen molar-refractivity contribution < 1.29 is 19.2 Å². The van der Waals surface area contributed by atoms with E-state index in [2.05, 4.69) is 15.9 Å². The van der Waals surface area contributed by atoms with Crippen LogP contribution in [0.5, 0.6) is 11.7 Å². The lowest BCUT2D eigenvalue weighted by atomic mass is 10.3. The van der Waals surface area contributed by atoms with Crippen LogP contribution in [0.25, 0.3) is 6.08 Å². The van der Waals surface area contributed by atoms with E-state index in [0.717, 1.165) is 4.47 Å². The first-order chi connectivity index (χ1) is 10.5. The lowest BCUT2D eigenvalue weighted by Gasteiger charge is -2.16. The first-order valence-corrected chi connectivity index (χ1v) is 7.24. The monoisotopic (exact) mass is 366 g/mol. The number of rotatable bonds is 5. The maximum absolute atomic E-state index is 10.8. The number of furan rings is 1. The highest BCUT2D eigenvalue weighted by molar-refractivity contribution is 9.10. The lowest BCUT2D eigenvalue weighted by Crippen LogP contribution is -2.38. The summed E-state index contributed by atoms with van der Waals surface area (Å²) < 4.78 is 12.0. The number of hydrogen-bond acceptors (Lipinski definition) is 4. The largest absolute Gasteiger partial charge is 0.426 e. The Bertz CT molecular complexity index is 666. The third-order valence-electron chi connectivity index (χ3n) is 2.78. The summed E-state index contributed by atoms with van der Waals surface area (Å²) in [7, 11) is 0. The van der Waals surface area contributed by atoms with E-state index in [9.17, 15) is 10.0 Å². The highest BCUT2D eigenvalue weighted by atomic mass is 79.9. The van der Waals surface area contributed by atoms with Gasteiger partial charge in [-0.15, -0.1) is 0 Å². The van der Waals surface area contributed by atoms with E-state index in [0.29, 0.717) is 22.5 Å². The van der Waals surface area contributed by atoms with Crippen LogP contribution in [0, 0.1) is 0 Å². The average Bonchev–Trinajstić information content (AvgIpc) is 2.94. The summed E-state index contributed by atoms with van der Waals surface area (Å²) in [4.78, 5) is 10.8. The van der Waals surface area contributed by atoms with Crippen molar-refractivity contribution in [3.8, 4) is 11.7 Å². The maximum atomic E-state index is 10.8. The second-order valence-corrected chi connectivity index (χ2v) is 5.41. The van der Waals surface area contributed by atoms with E-state index in [1.807, 2.05) is 12.1 Å². The second kappa shape index (κ2) is 7.15. The van der Waals surface area contributed by atoms with Gasteiger partial charge in [-0.05, 0) is 43.3 Å². The zero-order valence-electron chi connectivity index (χ0n) is 11.8. The molecule has 0 saturated heterocycles. The predicted molar refractivity (Wildman–Crippen MR) is 84.6 cm³/mol. The number of nitrogens with two attached hydrogens (primary N) is 1. The molecule has 7 heteroatoms. The molecule has 2 rings (SSSR count). The molecule has 0 bridgehead atoms. The molecule has 0 aliphatic carbocycles. The van der Waals surface area contributed by atoms with Crippen LogP contribution in [0.1, 0.15) is 12.7 Å². The topological polar surface area (TPSA) is 88.9 Å². The van der Waals surface area contributed by atoms with Crippen LogP contribution in [0.2, 0.25) is 0 Å². The van der Waals surface area contributed by atoms with Crippen molar-refractivity contribution in [2.24, 2.45) is 5.73 Å². The van der Waals surface area contributed by atoms with Crippen molar-refractivity contribution in [3.63, 3.8) is 0 Å². The summed E-state index contributed by atoms with van der Waals surface area (Å²) in [6.07, 6.45) is 3.19. The van der Waals surface area contributed by atoms with Gasteiger partial charge in [0.25, 0.3) is 5.95 Å². The van der Waals surface area contributed by atoms with Crippen molar-refractivity contribution in [2.45, 2.75) is 13.0 Å². The van der Waals surface area contributed by atoms with E-state index < -0.39 is 12.1 Å². The molecule has 2 amide bonds. The number of carbonyl (C=O) groups excluding carboxylic acids is 1. The Morgan fingerprint density at radius 1 is 1.36 bits per heavy atom. The van der Waals surface area contributed by atoms with E-state index in [1.54, 1.807) is 43.3 Å². The Labute approximate surface area is 135 Å². The van der Waals surface area contributed by atoms with Crippen LogP contribution in [0.15, 0.2) is 51.4 Å². The van der Waals surface area contributed by atoms with Gasteiger partial charge in [0.05, 0.1) is 6.04 Å². The van der Waals surface area contributed by atoms with E-state index in [1.165, 1.54) is 0 Å². The number of ether oxygens (including phenoxy) is 1. The fourth-order valence-corrected chi connectivity index (χ4v) is 1.88. The number of nitrogens with zero attached hydrogens (tertiary/aromatic N) is 1. The summed E-state index contributed by atoms with van der Waals surface area (Å²) in [6, 6.07) is 9.23. The Morgan fingerprint density at radius 2 is 2.05 bits per heavy atom. The van der Waals surface area contributed by atoms with Crippen molar-refractivity contribution in [1.82, 2.24) is 5.06 Å². The van der Waals surface area contributed by atoms with Crippen LogP contribution >= 0.6 is 15.9 Å². The molecule has 1 atom stereocenters. The van der Waals surface area contributed by atoms with E-state index in [4.69, 9.17) is 14.9 Å². The summed E-state index contributed by atoms with van der Waals surface area (Å²) in [5, 5.41) is 9.77. The minimum atomic E-state index is -0.921. The first kappa shape index (κ1) is 16.1. The molecular formula is C15H15BrN2O4. The Hall–Kier alpha value is -2.25. The smallest absolute Gasteiger partial charge is 0.339 e. The maximum Gasteiger partial charge on any atom is 0.339 e. The van der Waals surface area contributed by atoms with Crippen LogP contribution in [0.4, 0.5) is 4.79 Å². The van der Waals surface area contributed by atoms with Crippen LogP contribution in [0.3, 0.4) is 0 Å². The number of primary amides is 1. The van der Waals surface area contributed by atoms with E-state index in [-0.39, 0.29) is 0 Å². The third kappa shape index (κ3) is 4.37. The Balaban J connectivity index is 1.99. The summed E-state index contributed by atoms with van der Waals surface area (Å²) in [5.41, 5.74) is 4.96. The van der Waals surface area contributed by atoms with Crippen LogP contribution < -0.4 is 10.5 Å². The zero-order chi connectivity index (χ0) is 16.1. The zero-order valence-corrected chi connectivity index (χ0v) is 13.4. The van der Waals surface area contributed by atoms with Gasteiger partial charge in [-0.1, -0.05) is 22.0 Å². The molecular weight excluding hydrogens is 352 g/mol. The molecule has 1 unspecified atom stereocenters. The lowest BCUT2D eigenvalue weighted by molar-refractivity contribution is -0.0560. The Kier molecular flexibility index (Phi) is 5.24. The standard InChI is InChI=1S/C15H15BrN2O4/c1-10(18(20)15(17)19)2-5-12-8-9-14(21-12)22-13-6-3-11(16)4-7-13/h2-10,20H,1H3,(H2,17,19)/b5-2+.